The van der Waals surface area contributed by atoms with E-state index in [0.717, 1.165) is 16.7 Å². The van der Waals surface area contributed by atoms with Gasteiger partial charge < -0.3 is 10.6 Å². The normalized spacial score (nSPS) is 11.2. The van der Waals surface area contributed by atoms with Crippen LogP contribution in [0.25, 0.3) is 11.1 Å². The summed E-state index contributed by atoms with van der Waals surface area (Å²) in [5.74, 6) is 6.56. The summed E-state index contributed by atoms with van der Waals surface area (Å²) in [6, 6.07) is 23.2. The van der Waals surface area contributed by atoms with Crippen molar-refractivity contribution in [3.8, 4) is 23.0 Å². The van der Waals surface area contributed by atoms with Crippen molar-refractivity contribution < 1.29 is 4.79 Å². The molecular weight excluding hydrogens is 334 g/mol. The van der Waals surface area contributed by atoms with Crippen molar-refractivity contribution in [3.63, 3.8) is 0 Å². The molecule has 0 aliphatic carbocycles. The molecule has 27 heavy (non-hydrogen) atoms. The summed E-state index contributed by atoms with van der Waals surface area (Å²) in [5.41, 5.74) is 3.52. The first-order chi connectivity index (χ1) is 13.2. The van der Waals surface area contributed by atoms with E-state index in [-0.39, 0.29) is 11.9 Å². The molecule has 1 aromatic heterocycles. The van der Waals surface area contributed by atoms with Crippen molar-refractivity contribution in [2.75, 3.05) is 12.4 Å². The summed E-state index contributed by atoms with van der Waals surface area (Å²) in [6.07, 6.45) is 0. The van der Waals surface area contributed by atoms with E-state index in [9.17, 15) is 4.79 Å². The molecule has 0 saturated heterocycles. The van der Waals surface area contributed by atoms with Crippen molar-refractivity contribution in [3.05, 3.63) is 84.1 Å². The van der Waals surface area contributed by atoms with Crippen LogP contribution < -0.4 is 10.6 Å². The maximum Gasteiger partial charge on any atom is 0.242 e. The Hall–Kier alpha value is -3.42. The number of amides is 1. The predicted octanol–water partition coefficient (Wildman–Crippen LogP) is 3.69. The van der Waals surface area contributed by atoms with Gasteiger partial charge in [-0.1, -0.05) is 54.5 Å². The monoisotopic (exact) mass is 355 g/mol. The van der Waals surface area contributed by atoms with Crippen LogP contribution in [0.1, 0.15) is 18.2 Å². The molecule has 1 unspecified atom stereocenters. The molecule has 0 aliphatic rings. The third-order valence-corrected chi connectivity index (χ3v) is 4.12. The summed E-state index contributed by atoms with van der Waals surface area (Å²) in [7, 11) is 1.74. The Bertz CT molecular complexity index is 973. The van der Waals surface area contributed by atoms with E-state index in [0.29, 0.717) is 11.5 Å². The molecule has 0 saturated carbocycles. The molecule has 0 fully saturated rings. The zero-order valence-corrected chi connectivity index (χ0v) is 15.4. The van der Waals surface area contributed by atoms with Crippen molar-refractivity contribution in [2.24, 2.45) is 0 Å². The largest absolute Gasteiger partial charge is 0.309 e. The second-order valence-electron chi connectivity index (χ2n) is 6.11. The van der Waals surface area contributed by atoms with Crippen LogP contribution >= 0.6 is 0 Å². The highest BCUT2D eigenvalue weighted by molar-refractivity contribution is 5.94. The van der Waals surface area contributed by atoms with Gasteiger partial charge in [0.05, 0.1) is 6.04 Å². The maximum absolute atomic E-state index is 12.2. The highest BCUT2D eigenvalue weighted by atomic mass is 16.2. The van der Waals surface area contributed by atoms with Gasteiger partial charge in [0.25, 0.3) is 0 Å². The molecule has 1 atom stereocenters. The summed E-state index contributed by atoms with van der Waals surface area (Å²) >= 11 is 0. The number of carbonyl (C=O) groups is 1. The van der Waals surface area contributed by atoms with E-state index in [2.05, 4.69) is 27.5 Å². The van der Waals surface area contributed by atoms with Gasteiger partial charge in [-0.2, -0.15) is 0 Å². The average molecular weight is 355 g/mol. The molecule has 4 nitrogen and oxygen atoms in total. The van der Waals surface area contributed by atoms with Gasteiger partial charge in [-0.15, -0.1) is 0 Å². The van der Waals surface area contributed by atoms with Crippen molar-refractivity contribution >= 4 is 11.7 Å². The van der Waals surface area contributed by atoms with E-state index in [4.69, 9.17) is 0 Å². The Kier molecular flexibility index (Phi) is 5.98. The number of hydrogen-bond donors (Lipinski definition) is 2. The number of likely N-dealkylation sites (N-methyl/N-ethyl adjacent to an activating group) is 1. The lowest BCUT2D eigenvalue weighted by atomic mass is 10.1. The number of rotatable bonds is 4. The third kappa shape index (κ3) is 5.04. The summed E-state index contributed by atoms with van der Waals surface area (Å²) in [5, 5.41) is 5.79. The Morgan fingerprint density at radius 2 is 1.59 bits per heavy atom. The topological polar surface area (TPSA) is 54.0 Å². The molecule has 3 aromatic rings. The summed E-state index contributed by atoms with van der Waals surface area (Å²) < 4.78 is 0. The van der Waals surface area contributed by atoms with E-state index in [1.54, 1.807) is 14.0 Å². The predicted molar refractivity (Wildman–Crippen MR) is 109 cm³/mol. The van der Waals surface area contributed by atoms with Crippen LogP contribution in [0.4, 0.5) is 5.82 Å². The van der Waals surface area contributed by atoms with Crippen LogP contribution in [0.5, 0.6) is 0 Å². The molecular formula is C23H21N3O. The number of anilines is 1. The van der Waals surface area contributed by atoms with Crippen LogP contribution in [0.15, 0.2) is 72.8 Å². The molecule has 1 amide bonds. The van der Waals surface area contributed by atoms with Crippen LogP contribution in [-0.2, 0) is 4.79 Å². The number of carbonyl (C=O) groups excluding carboxylic acids is 1. The molecule has 0 radical (unpaired) electrons. The number of pyridine rings is 1. The van der Waals surface area contributed by atoms with Crippen LogP contribution in [0, 0.1) is 11.8 Å². The molecule has 2 aromatic carbocycles. The molecule has 0 aliphatic heterocycles. The minimum absolute atomic E-state index is 0.141. The molecule has 0 spiro atoms. The van der Waals surface area contributed by atoms with Gasteiger partial charge in [-0.25, -0.2) is 4.98 Å². The summed E-state index contributed by atoms with van der Waals surface area (Å²) in [4.78, 5) is 16.7. The fourth-order valence-electron chi connectivity index (χ4n) is 2.48. The molecule has 1 heterocycles. The smallest absolute Gasteiger partial charge is 0.242 e. The Morgan fingerprint density at radius 1 is 0.926 bits per heavy atom. The van der Waals surface area contributed by atoms with Crippen LogP contribution in [0.2, 0.25) is 0 Å². The number of benzene rings is 2. The maximum atomic E-state index is 12.2. The zero-order valence-electron chi connectivity index (χ0n) is 15.4. The lowest BCUT2D eigenvalue weighted by Gasteiger charge is -2.12. The first kappa shape index (κ1) is 18.4. The van der Waals surface area contributed by atoms with Crippen LogP contribution in [-0.4, -0.2) is 24.0 Å². The average Bonchev–Trinajstić information content (AvgIpc) is 2.73. The fourth-order valence-corrected chi connectivity index (χ4v) is 2.48. The SMILES string of the molecule is CNC(C)C(=O)Nc1cc(-c2ccccc2)cc(C#Cc2ccccc2)n1. The Morgan fingerprint density at radius 3 is 2.26 bits per heavy atom. The van der Waals surface area contributed by atoms with Gasteiger partial charge in [0.2, 0.25) is 5.91 Å². The van der Waals surface area contributed by atoms with Crippen LogP contribution in [0.3, 0.4) is 0 Å². The lowest BCUT2D eigenvalue weighted by Crippen LogP contribution is -2.35. The van der Waals surface area contributed by atoms with Gasteiger partial charge in [0.1, 0.15) is 11.5 Å². The number of nitrogens with zero attached hydrogens (tertiary/aromatic N) is 1. The minimum Gasteiger partial charge on any atom is -0.309 e. The molecule has 0 bridgehead atoms. The third-order valence-electron chi connectivity index (χ3n) is 4.12. The first-order valence-electron chi connectivity index (χ1n) is 8.78. The van der Waals surface area contributed by atoms with E-state index < -0.39 is 0 Å². The standard InChI is InChI=1S/C23H21N3O/c1-17(24-2)23(27)26-22-16-20(19-11-7-4-8-12-19)15-21(25-22)14-13-18-9-5-3-6-10-18/h3-12,15-17,24H,1-2H3,(H,25,26,27). The van der Waals surface area contributed by atoms with Gasteiger partial charge in [-0.3, -0.25) is 4.79 Å². The highest BCUT2D eigenvalue weighted by Gasteiger charge is 2.12. The number of aromatic nitrogens is 1. The van der Waals surface area contributed by atoms with E-state index in [1.165, 1.54) is 0 Å². The zero-order chi connectivity index (χ0) is 19.1. The quantitative estimate of drug-likeness (QED) is 0.702. The molecule has 134 valence electrons. The van der Waals surface area contributed by atoms with Gasteiger partial charge in [0.15, 0.2) is 0 Å². The van der Waals surface area contributed by atoms with Crippen molar-refractivity contribution in [1.29, 1.82) is 0 Å². The number of nitrogens with one attached hydrogen (secondary N) is 2. The van der Waals surface area contributed by atoms with Crippen molar-refractivity contribution in [1.82, 2.24) is 10.3 Å². The first-order valence-corrected chi connectivity index (χ1v) is 8.78. The van der Waals surface area contributed by atoms with Gasteiger partial charge >= 0.3 is 0 Å². The second kappa shape index (κ2) is 8.79. The Balaban J connectivity index is 1.98. The fraction of sp³-hybridized carbons (Fsp3) is 0.130. The molecule has 2 N–H and O–H groups in total. The van der Waals surface area contributed by atoms with E-state index in [1.807, 2.05) is 72.8 Å². The van der Waals surface area contributed by atoms with E-state index >= 15 is 0 Å². The number of hydrogen-bond acceptors (Lipinski definition) is 3. The molecule has 3 rings (SSSR count). The molecule has 4 heteroatoms. The Labute approximate surface area is 159 Å². The minimum atomic E-state index is -0.314. The van der Waals surface area contributed by atoms with Gasteiger partial charge in [0, 0.05) is 5.56 Å². The second-order valence-corrected chi connectivity index (χ2v) is 6.11. The van der Waals surface area contributed by atoms with Crippen molar-refractivity contribution in [2.45, 2.75) is 13.0 Å². The highest BCUT2D eigenvalue weighted by Crippen LogP contribution is 2.22. The lowest BCUT2D eigenvalue weighted by molar-refractivity contribution is -0.117. The van der Waals surface area contributed by atoms with Gasteiger partial charge in [-0.05, 0) is 55.3 Å². The summed E-state index contributed by atoms with van der Waals surface area (Å²) in [6.45, 7) is 1.80.